The lowest BCUT2D eigenvalue weighted by Crippen LogP contribution is -2.10. The van der Waals surface area contributed by atoms with E-state index in [1.165, 1.54) is 0 Å². The number of benzene rings is 2. The normalized spacial score (nSPS) is 10.7. The molecule has 0 spiro atoms. The molecule has 0 aliphatic heterocycles. The maximum atomic E-state index is 10.9. The van der Waals surface area contributed by atoms with Crippen molar-refractivity contribution in [1.29, 1.82) is 0 Å². The Morgan fingerprint density at radius 1 is 0.900 bits per heavy atom. The molecule has 20 heavy (non-hydrogen) atoms. The Hall–Kier alpha value is -2.69. The number of rotatable bonds is 4. The van der Waals surface area contributed by atoms with Crippen molar-refractivity contribution < 1.29 is 4.79 Å². The molecule has 0 aliphatic carbocycles. The summed E-state index contributed by atoms with van der Waals surface area (Å²) in [6, 6.07) is 14.4. The van der Waals surface area contributed by atoms with Crippen LogP contribution in [0.3, 0.4) is 0 Å². The molecular weight excluding hydrogens is 252 g/mol. The first-order valence-electron chi connectivity index (χ1n) is 6.15. The van der Waals surface area contributed by atoms with Gasteiger partial charge in [-0.2, -0.15) is 10.2 Å². The molecule has 0 aliphatic rings. The average molecular weight is 268 g/mol. The molecule has 0 radical (unpaired) electrons. The van der Waals surface area contributed by atoms with Gasteiger partial charge in [-0.15, -0.1) is 0 Å². The predicted octanol–water partition coefficient (Wildman–Crippen LogP) is 3.27. The molecule has 0 aromatic heterocycles. The maximum Gasteiger partial charge on any atom is 0.248 e. The number of azo groups is 1. The van der Waals surface area contributed by atoms with Crippen LogP contribution in [0, 0.1) is 0 Å². The van der Waals surface area contributed by atoms with E-state index in [-0.39, 0.29) is 0 Å². The Kier molecular flexibility index (Phi) is 4.10. The molecule has 5 heteroatoms. The minimum atomic E-state index is -0.451. The lowest BCUT2D eigenvalue weighted by Gasteiger charge is -2.11. The second kappa shape index (κ2) is 5.97. The molecule has 1 amide bonds. The Bertz CT molecular complexity index is 615. The van der Waals surface area contributed by atoms with Gasteiger partial charge in [0.25, 0.3) is 0 Å². The minimum Gasteiger partial charge on any atom is -0.378 e. The molecule has 2 aromatic carbocycles. The zero-order valence-corrected chi connectivity index (χ0v) is 11.4. The molecule has 0 atom stereocenters. The van der Waals surface area contributed by atoms with Crippen LogP contribution in [-0.4, -0.2) is 20.0 Å². The Balaban J connectivity index is 2.10. The maximum absolute atomic E-state index is 10.9. The van der Waals surface area contributed by atoms with E-state index in [1.807, 2.05) is 43.3 Å². The van der Waals surface area contributed by atoms with Gasteiger partial charge in [-0.25, -0.2) is 0 Å². The van der Waals surface area contributed by atoms with Crippen molar-refractivity contribution in [3.8, 4) is 0 Å². The van der Waals surface area contributed by atoms with E-state index in [1.54, 1.807) is 24.3 Å². The van der Waals surface area contributed by atoms with Crippen LogP contribution in [0.25, 0.3) is 0 Å². The third-order valence-corrected chi connectivity index (χ3v) is 2.80. The fraction of sp³-hybridized carbons (Fsp3) is 0.133. The number of amides is 1. The second-order valence-electron chi connectivity index (χ2n) is 4.52. The highest BCUT2D eigenvalue weighted by Gasteiger charge is 1.99. The first kappa shape index (κ1) is 13.7. The largest absolute Gasteiger partial charge is 0.378 e. The van der Waals surface area contributed by atoms with Crippen molar-refractivity contribution in [1.82, 2.24) is 0 Å². The van der Waals surface area contributed by atoms with Crippen LogP contribution in [0.5, 0.6) is 0 Å². The van der Waals surface area contributed by atoms with E-state index < -0.39 is 5.91 Å². The van der Waals surface area contributed by atoms with Gasteiger partial charge in [-0.1, -0.05) is 0 Å². The van der Waals surface area contributed by atoms with Gasteiger partial charge in [-0.3, -0.25) is 4.79 Å². The van der Waals surface area contributed by atoms with Crippen LogP contribution in [0.1, 0.15) is 10.4 Å². The molecule has 102 valence electrons. The van der Waals surface area contributed by atoms with Crippen molar-refractivity contribution in [3.05, 3.63) is 54.1 Å². The minimum absolute atomic E-state index is 0.451. The molecule has 0 heterocycles. The summed E-state index contributed by atoms with van der Waals surface area (Å²) >= 11 is 0. The third-order valence-electron chi connectivity index (χ3n) is 2.80. The van der Waals surface area contributed by atoms with Crippen LogP contribution in [0.2, 0.25) is 0 Å². The van der Waals surface area contributed by atoms with E-state index in [0.29, 0.717) is 11.3 Å². The van der Waals surface area contributed by atoms with Gasteiger partial charge in [0, 0.05) is 25.3 Å². The summed E-state index contributed by atoms with van der Waals surface area (Å²) in [7, 11) is 3.97. The lowest BCUT2D eigenvalue weighted by molar-refractivity contribution is 0.100. The number of anilines is 1. The second-order valence-corrected chi connectivity index (χ2v) is 4.52. The van der Waals surface area contributed by atoms with E-state index in [9.17, 15) is 4.79 Å². The SMILES string of the molecule is CN(C)c1ccc(/N=N/c2ccc(C(N)=O)cc2)cc1. The van der Waals surface area contributed by atoms with Gasteiger partial charge >= 0.3 is 0 Å². The number of hydrogen-bond donors (Lipinski definition) is 1. The zero-order valence-electron chi connectivity index (χ0n) is 11.4. The Morgan fingerprint density at radius 3 is 1.75 bits per heavy atom. The van der Waals surface area contributed by atoms with Crippen LogP contribution in [0.15, 0.2) is 58.8 Å². The molecule has 2 aromatic rings. The number of nitrogens with two attached hydrogens (primary N) is 1. The van der Waals surface area contributed by atoms with Crippen LogP contribution < -0.4 is 10.6 Å². The van der Waals surface area contributed by atoms with E-state index >= 15 is 0 Å². The average Bonchev–Trinajstić information content (AvgIpc) is 2.46. The summed E-state index contributed by atoms with van der Waals surface area (Å²) in [5, 5.41) is 8.25. The van der Waals surface area contributed by atoms with E-state index in [2.05, 4.69) is 10.2 Å². The highest BCUT2D eigenvalue weighted by Crippen LogP contribution is 2.21. The van der Waals surface area contributed by atoms with Crippen molar-refractivity contribution in [2.45, 2.75) is 0 Å². The fourth-order valence-electron chi connectivity index (χ4n) is 1.63. The number of hydrogen-bond acceptors (Lipinski definition) is 4. The van der Waals surface area contributed by atoms with Crippen molar-refractivity contribution in [2.24, 2.45) is 16.0 Å². The predicted molar refractivity (Wildman–Crippen MR) is 79.9 cm³/mol. The summed E-state index contributed by atoms with van der Waals surface area (Å²) in [5.74, 6) is -0.451. The highest BCUT2D eigenvalue weighted by molar-refractivity contribution is 5.92. The van der Waals surface area contributed by atoms with Crippen LogP contribution >= 0.6 is 0 Å². The fourth-order valence-corrected chi connectivity index (χ4v) is 1.63. The van der Waals surface area contributed by atoms with Gasteiger partial charge in [0.1, 0.15) is 0 Å². The summed E-state index contributed by atoms with van der Waals surface area (Å²) in [6.07, 6.45) is 0. The summed E-state index contributed by atoms with van der Waals surface area (Å²) in [5.41, 5.74) is 8.18. The Morgan fingerprint density at radius 2 is 1.35 bits per heavy atom. The summed E-state index contributed by atoms with van der Waals surface area (Å²) in [4.78, 5) is 13.0. The van der Waals surface area contributed by atoms with Crippen LogP contribution in [-0.2, 0) is 0 Å². The lowest BCUT2D eigenvalue weighted by atomic mass is 10.2. The Labute approximate surface area is 117 Å². The zero-order chi connectivity index (χ0) is 14.5. The molecular formula is C15H16N4O. The monoisotopic (exact) mass is 268 g/mol. The van der Waals surface area contributed by atoms with Crippen molar-refractivity contribution in [2.75, 3.05) is 19.0 Å². The summed E-state index contributed by atoms with van der Waals surface area (Å²) < 4.78 is 0. The number of carbonyl (C=O) groups excluding carboxylic acids is 1. The van der Waals surface area contributed by atoms with Crippen molar-refractivity contribution in [3.63, 3.8) is 0 Å². The van der Waals surface area contributed by atoms with Crippen LogP contribution in [0.4, 0.5) is 17.1 Å². The van der Waals surface area contributed by atoms with Gasteiger partial charge in [0.2, 0.25) is 5.91 Å². The standard InChI is InChI=1S/C15H16N4O/c1-19(2)14-9-7-13(8-10-14)18-17-12-5-3-11(4-6-12)15(16)20/h3-10H,1-2H3,(H2,16,20)/b18-17+. The molecule has 5 nitrogen and oxygen atoms in total. The molecule has 0 saturated heterocycles. The van der Waals surface area contributed by atoms with E-state index in [4.69, 9.17) is 5.73 Å². The van der Waals surface area contributed by atoms with Crippen molar-refractivity contribution >= 4 is 23.0 Å². The first-order chi connectivity index (χ1) is 9.56. The van der Waals surface area contributed by atoms with Gasteiger partial charge in [-0.05, 0) is 48.5 Å². The third kappa shape index (κ3) is 3.41. The smallest absolute Gasteiger partial charge is 0.248 e. The van der Waals surface area contributed by atoms with Gasteiger partial charge < -0.3 is 10.6 Å². The molecule has 0 bridgehead atoms. The number of carbonyl (C=O) groups is 1. The topological polar surface area (TPSA) is 71.1 Å². The summed E-state index contributed by atoms with van der Waals surface area (Å²) in [6.45, 7) is 0. The van der Waals surface area contributed by atoms with Gasteiger partial charge in [0.15, 0.2) is 0 Å². The molecule has 2 rings (SSSR count). The first-order valence-corrected chi connectivity index (χ1v) is 6.15. The number of primary amides is 1. The van der Waals surface area contributed by atoms with Gasteiger partial charge in [0.05, 0.1) is 11.4 Å². The molecule has 0 unspecified atom stereocenters. The molecule has 2 N–H and O–H groups in total. The highest BCUT2D eigenvalue weighted by atomic mass is 16.1. The molecule has 0 saturated carbocycles. The number of nitrogens with zero attached hydrogens (tertiary/aromatic N) is 3. The molecule has 0 fully saturated rings. The van der Waals surface area contributed by atoms with E-state index in [0.717, 1.165) is 11.4 Å². The quantitative estimate of drug-likeness (QED) is 0.864.